The number of halogens is 2. The minimum atomic E-state index is -0.124. The van der Waals surface area contributed by atoms with Crippen LogP contribution in [0.25, 0.3) is 0 Å². The van der Waals surface area contributed by atoms with Gasteiger partial charge in [-0.05, 0) is 35.4 Å². The molecule has 0 unspecified atom stereocenters. The predicted molar refractivity (Wildman–Crippen MR) is 102 cm³/mol. The van der Waals surface area contributed by atoms with Gasteiger partial charge in [-0.3, -0.25) is 4.79 Å². The van der Waals surface area contributed by atoms with Crippen LogP contribution in [-0.2, 0) is 16.6 Å². The highest BCUT2D eigenvalue weighted by atomic mass is 79.9. The Balaban J connectivity index is 0.00000264. The topological polar surface area (TPSA) is 55.1 Å². The van der Waals surface area contributed by atoms with Crippen LogP contribution in [0.1, 0.15) is 25.0 Å². The first-order valence-corrected chi connectivity index (χ1v) is 8.03. The third-order valence-electron chi connectivity index (χ3n) is 3.68. The molecule has 0 aliphatic carbocycles. The Hall–Kier alpha value is -1.52. The molecule has 0 saturated carbocycles. The Bertz CT molecular complexity index is 656. The fourth-order valence-electron chi connectivity index (χ4n) is 2.21. The highest BCUT2D eigenvalue weighted by Gasteiger charge is 2.21. The van der Waals surface area contributed by atoms with Crippen molar-refractivity contribution in [2.24, 2.45) is 0 Å². The summed E-state index contributed by atoms with van der Waals surface area (Å²) in [6, 6.07) is 15.6. The van der Waals surface area contributed by atoms with Crippen molar-refractivity contribution in [2.45, 2.75) is 25.7 Å². The van der Waals surface area contributed by atoms with Gasteiger partial charge in [0.2, 0.25) is 5.91 Å². The van der Waals surface area contributed by atoms with Crippen molar-refractivity contribution in [1.82, 2.24) is 5.32 Å². The molecule has 0 aromatic heterocycles. The molecule has 3 N–H and O–H groups in total. The number of benzene rings is 2. The Morgan fingerprint density at radius 3 is 2.43 bits per heavy atom. The highest BCUT2D eigenvalue weighted by Crippen LogP contribution is 2.25. The number of nitrogens with one attached hydrogen (secondary N) is 1. The second kappa shape index (κ2) is 8.37. The standard InChI is InChI=1S/C18H21BrN2O.ClH/c1-18(2,14-4-3-5-15(19)11-14)12-21-17(22)10-13-6-8-16(20)9-7-13;/h3-9,11H,10,12,20H2,1-2H3,(H,21,22);1H. The van der Waals surface area contributed by atoms with Gasteiger partial charge in [-0.2, -0.15) is 0 Å². The smallest absolute Gasteiger partial charge is 0.224 e. The zero-order valence-electron chi connectivity index (χ0n) is 13.3. The maximum Gasteiger partial charge on any atom is 0.224 e. The first-order valence-electron chi connectivity index (χ1n) is 7.24. The molecule has 0 fully saturated rings. The first kappa shape index (κ1) is 19.5. The number of nitrogen functional groups attached to an aromatic ring is 1. The summed E-state index contributed by atoms with van der Waals surface area (Å²) in [6.07, 6.45) is 0.370. The van der Waals surface area contributed by atoms with Crippen LogP contribution < -0.4 is 11.1 Å². The minimum Gasteiger partial charge on any atom is -0.399 e. The molecule has 0 saturated heterocycles. The normalized spacial score (nSPS) is 10.7. The van der Waals surface area contributed by atoms with E-state index in [4.69, 9.17) is 5.73 Å². The van der Waals surface area contributed by atoms with Gasteiger partial charge < -0.3 is 11.1 Å². The molecular weight excluding hydrogens is 376 g/mol. The van der Waals surface area contributed by atoms with Crippen LogP contribution in [0.2, 0.25) is 0 Å². The number of rotatable bonds is 5. The maximum atomic E-state index is 12.1. The molecule has 23 heavy (non-hydrogen) atoms. The lowest BCUT2D eigenvalue weighted by molar-refractivity contribution is -0.120. The van der Waals surface area contributed by atoms with Crippen molar-refractivity contribution in [3.05, 3.63) is 64.1 Å². The molecule has 1 amide bonds. The van der Waals surface area contributed by atoms with E-state index < -0.39 is 0 Å². The summed E-state index contributed by atoms with van der Waals surface area (Å²) < 4.78 is 1.05. The fourth-order valence-corrected chi connectivity index (χ4v) is 2.61. The van der Waals surface area contributed by atoms with E-state index in [1.807, 2.05) is 36.4 Å². The molecule has 2 aromatic carbocycles. The van der Waals surface area contributed by atoms with Crippen molar-refractivity contribution in [3.8, 4) is 0 Å². The Morgan fingerprint density at radius 2 is 1.83 bits per heavy atom. The summed E-state index contributed by atoms with van der Waals surface area (Å²) >= 11 is 3.49. The fraction of sp³-hybridized carbons (Fsp3) is 0.278. The van der Waals surface area contributed by atoms with Crippen LogP contribution in [0.4, 0.5) is 5.69 Å². The van der Waals surface area contributed by atoms with Gasteiger partial charge in [0.15, 0.2) is 0 Å². The average Bonchev–Trinajstić information content (AvgIpc) is 2.48. The lowest BCUT2D eigenvalue weighted by Gasteiger charge is -2.26. The van der Waals surface area contributed by atoms with Gasteiger partial charge in [-0.1, -0.05) is 54.0 Å². The summed E-state index contributed by atoms with van der Waals surface area (Å²) in [5, 5.41) is 3.02. The van der Waals surface area contributed by atoms with E-state index in [1.165, 1.54) is 5.56 Å². The quantitative estimate of drug-likeness (QED) is 0.747. The largest absolute Gasteiger partial charge is 0.399 e. The second-order valence-corrected chi connectivity index (χ2v) is 7.00. The van der Waals surface area contributed by atoms with Crippen molar-refractivity contribution < 1.29 is 4.79 Å². The van der Waals surface area contributed by atoms with Gasteiger partial charge in [0.1, 0.15) is 0 Å². The lowest BCUT2D eigenvalue weighted by atomic mass is 9.84. The van der Waals surface area contributed by atoms with E-state index in [2.05, 4.69) is 47.2 Å². The van der Waals surface area contributed by atoms with E-state index in [0.29, 0.717) is 18.7 Å². The molecule has 0 aliphatic rings. The zero-order valence-corrected chi connectivity index (χ0v) is 15.7. The number of hydrogen-bond acceptors (Lipinski definition) is 2. The van der Waals surface area contributed by atoms with Crippen LogP contribution >= 0.6 is 28.3 Å². The molecule has 0 spiro atoms. The van der Waals surface area contributed by atoms with Crippen LogP contribution in [-0.4, -0.2) is 12.5 Å². The summed E-state index contributed by atoms with van der Waals surface area (Å²) in [6.45, 7) is 4.84. The van der Waals surface area contributed by atoms with Crippen LogP contribution in [0, 0.1) is 0 Å². The van der Waals surface area contributed by atoms with Gasteiger partial charge in [0.05, 0.1) is 6.42 Å². The molecule has 0 atom stereocenters. The molecular formula is C18H22BrClN2O. The van der Waals surface area contributed by atoms with Gasteiger partial charge >= 0.3 is 0 Å². The number of hydrogen-bond donors (Lipinski definition) is 2. The Morgan fingerprint density at radius 1 is 1.17 bits per heavy atom. The third kappa shape index (κ3) is 5.88. The number of carbonyl (C=O) groups is 1. The molecule has 0 radical (unpaired) electrons. The second-order valence-electron chi connectivity index (χ2n) is 6.09. The molecule has 2 aromatic rings. The van der Waals surface area contributed by atoms with Crippen LogP contribution in [0.5, 0.6) is 0 Å². The summed E-state index contributed by atoms with van der Waals surface area (Å²) in [5.41, 5.74) is 8.38. The molecule has 2 rings (SSSR count). The van der Waals surface area contributed by atoms with Crippen molar-refractivity contribution in [2.75, 3.05) is 12.3 Å². The first-order chi connectivity index (χ1) is 10.4. The van der Waals surface area contributed by atoms with E-state index >= 15 is 0 Å². The molecule has 0 bridgehead atoms. The van der Waals surface area contributed by atoms with E-state index in [1.54, 1.807) is 0 Å². The summed E-state index contributed by atoms with van der Waals surface area (Å²) in [5.74, 6) is 0.0212. The zero-order chi connectivity index (χ0) is 16.2. The molecule has 0 aliphatic heterocycles. The Kier molecular flexibility index (Phi) is 7.10. The SMILES string of the molecule is CC(C)(CNC(=O)Cc1ccc(N)cc1)c1cccc(Br)c1.Cl. The van der Waals surface area contributed by atoms with E-state index in [0.717, 1.165) is 10.0 Å². The van der Waals surface area contributed by atoms with E-state index in [-0.39, 0.29) is 23.7 Å². The van der Waals surface area contributed by atoms with Gasteiger partial charge in [0, 0.05) is 22.1 Å². The number of nitrogens with two attached hydrogens (primary N) is 1. The highest BCUT2D eigenvalue weighted by molar-refractivity contribution is 9.10. The molecule has 3 nitrogen and oxygen atoms in total. The summed E-state index contributed by atoms with van der Waals surface area (Å²) in [4.78, 5) is 12.1. The minimum absolute atomic E-state index is 0. The molecule has 124 valence electrons. The number of carbonyl (C=O) groups excluding carboxylic acids is 1. The summed E-state index contributed by atoms with van der Waals surface area (Å²) in [7, 11) is 0. The van der Waals surface area contributed by atoms with Crippen molar-refractivity contribution in [3.63, 3.8) is 0 Å². The van der Waals surface area contributed by atoms with Crippen molar-refractivity contribution in [1.29, 1.82) is 0 Å². The van der Waals surface area contributed by atoms with Crippen LogP contribution in [0.15, 0.2) is 53.0 Å². The van der Waals surface area contributed by atoms with Gasteiger partial charge in [-0.15, -0.1) is 12.4 Å². The van der Waals surface area contributed by atoms with Gasteiger partial charge in [-0.25, -0.2) is 0 Å². The van der Waals surface area contributed by atoms with Crippen molar-refractivity contribution >= 4 is 39.9 Å². The predicted octanol–water partition coefficient (Wildman–Crippen LogP) is 4.09. The number of amides is 1. The third-order valence-corrected chi connectivity index (χ3v) is 4.17. The molecule has 5 heteroatoms. The average molecular weight is 398 g/mol. The maximum absolute atomic E-state index is 12.1. The Labute approximate surface area is 152 Å². The van der Waals surface area contributed by atoms with Gasteiger partial charge in [0.25, 0.3) is 0 Å². The number of anilines is 1. The lowest BCUT2D eigenvalue weighted by Crippen LogP contribution is -2.37. The van der Waals surface area contributed by atoms with Crippen LogP contribution in [0.3, 0.4) is 0 Å². The molecule has 0 heterocycles. The monoisotopic (exact) mass is 396 g/mol. The van der Waals surface area contributed by atoms with E-state index in [9.17, 15) is 4.79 Å².